The third-order valence-electron chi connectivity index (χ3n) is 2.71. The van der Waals surface area contributed by atoms with Gasteiger partial charge in [-0.2, -0.15) is 0 Å². The van der Waals surface area contributed by atoms with Gasteiger partial charge in [0.05, 0.1) is 25.7 Å². The highest BCUT2D eigenvalue weighted by Crippen LogP contribution is 2.51. The van der Waals surface area contributed by atoms with Crippen molar-refractivity contribution in [2.45, 2.75) is 9.79 Å². The highest BCUT2D eigenvalue weighted by atomic mass is 32.2. The molecule has 0 bridgehead atoms. The van der Waals surface area contributed by atoms with Crippen LogP contribution in [0.25, 0.3) is 0 Å². The average molecular weight is 290 g/mol. The van der Waals surface area contributed by atoms with Gasteiger partial charge in [-0.05, 0) is 12.1 Å². The van der Waals surface area contributed by atoms with E-state index in [1.807, 2.05) is 0 Å². The maximum atomic E-state index is 11.1. The Kier molecular flexibility index (Phi) is 2.79. The van der Waals surface area contributed by atoms with E-state index in [1.54, 1.807) is 24.3 Å². The number of ether oxygens (including phenoxy) is 1. The summed E-state index contributed by atoms with van der Waals surface area (Å²) in [6, 6.07) is 9.22. The van der Waals surface area contributed by atoms with Gasteiger partial charge in [0, 0.05) is 6.07 Å². The first-order chi connectivity index (χ1) is 9.56. The van der Waals surface area contributed by atoms with Gasteiger partial charge in [-0.3, -0.25) is 20.2 Å². The van der Waals surface area contributed by atoms with E-state index in [2.05, 4.69) is 0 Å². The molecular formula is C12H6N2O5S. The van der Waals surface area contributed by atoms with Crippen molar-refractivity contribution in [2.75, 3.05) is 0 Å². The number of fused-ring (bicyclic) bond motifs is 2. The lowest BCUT2D eigenvalue weighted by Gasteiger charge is -2.18. The Morgan fingerprint density at radius 2 is 1.75 bits per heavy atom. The number of nitro groups is 2. The van der Waals surface area contributed by atoms with Gasteiger partial charge in [0.2, 0.25) is 5.75 Å². The van der Waals surface area contributed by atoms with Crippen molar-refractivity contribution in [1.82, 2.24) is 0 Å². The predicted octanol–water partition coefficient (Wildman–Crippen LogP) is 3.76. The molecule has 100 valence electrons. The third-order valence-corrected chi connectivity index (χ3v) is 3.79. The third kappa shape index (κ3) is 1.95. The molecule has 0 fully saturated rings. The fourth-order valence-corrected chi connectivity index (χ4v) is 2.85. The van der Waals surface area contributed by atoms with Crippen molar-refractivity contribution in [3.05, 3.63) is 56.6 Å². The minimum absolute atomic E-state index is 0.0456. The van der Waals surface area contributed by atoms with Gasteiger partial charge in [-0.1, -0.05) is 23.9 Å². The van der Waals surface area contributed by atoms with Crippen LogP contribution in [0.15, 0.2) is 46.2 Å². The van der Waals surface area contributed by atoms with Crippen LogP contribution in [0.1, 0.15) is 0 Å². The number of nitrogens with zero attached hydrogens (tertiary/aromatic N) is 2. The number of para-hydroxylation sites is 1. The Balaban J connectivity index is 2.19. The van der Waals surface area contributed by atoms with Crippen molar-refractivity contribution in [3.8, 4) is 11.5 Å². The van der Waals surface area contributed by atoms with Crippen LogP contribution >= 0.6 is 11.8 Å². The number of rotatable bonds is 2. The smallest absolute Gasteiger partial charge is 0.319 e. The first-order valence-electron chi connectivity index (χ1n) is 5.48. The number of hydrogen-bond acceptors (Lipinski definition) is 6. The lowest BCUT2D eigenvalue weighted by Crippen LogP contribution is -2.01. The van der Waals surface area contributed by atoms with Gasteiger partial charge in [-0.25, -0.2) is 0 Å². The van der Waals surface area contributed by atoms with Crippen LogP contribution in [0.2, 0.25) is 0 Å². The number of non-ortho nitro benzene ring substituents is 1. The molecule has 2 aromatic rings. The molecule has 8 heteroatoms. The first-order valence-corrected chi connectivity index (χ1v) is 6.29. The summed E-state index contributed by atoms with van der Waals surface area (Å²) in [5.74, 6) is 0.547. The number of nitro benzene ring substituents is 2. The summed E-state index contributed by atoms with van der Waals surface area (Å²) in [6.45, 7) is 0. The van der Waals surface area contributed by atoms with Gasteiger partial charge in [-0.15, -0.1) is 0 Å². The van der Waals surface area contributed by atoms with E-state index in [0.717, 1.165) is 11.0 Å². The van der Waals surface area contributed by atoms with E-state index in [0.29, 0.717) is 10.6 Å². The monoisotopic (exact) mass is 290 g/mol. The van der Waals surface area contributed by atoms with Crippen LogP contribution in [-0.2, 0) is 0 Å². The number of benzene rings is 2. The Bertz CT molecular complexity index is 747. The van der Waals surface area contributed by atoms with Crippen molar-refractivity contribution >= 4 is 23.1 Å². The molecule has 0 radical (unpaired) electrons. The standard InChI is InChI=1S/C12H6N2O5S/c15-13(16)7-5-8(14(17)18)12-11(6-7)20-10-4-2-1-3-9(10)19-12/h1-6H. The normalized spacial score (nSPS) is 12.0. The zero-order valence-electron chi connectivity index (χ0n) is 9.81. The van der Waals surface area contributed by atoms with Gasteiger partial charge < -0.3 is 4.74 Å². The minimum atomic E-state index is -0.680. The zero-order valence-corrected chi connectivity index (χ0v) is 10.6. The molecule has 3 rings (SSSR count). The lowest BCUT2D eigenvalue weighted by molar-refractivity contribution is -0.395. The molecule has 7 nitrogen and oxygen atoms in total. The molecule has 0 aromatic heterocycles. The summed E-state index contributed by atoms with van der Waals surface area (Å²) in [5.41, 5.74) is -0.734. The summed E-state index contributed by atoms with van der Waals surface area (Å²) in [6.07, 6.45) is 0. The summed E-state index contributed by atoms with van der Waals surface area (Å²) >= 11 is 1.21. The predicted molar refractivity (Wildman–Crippen MR) is 70.4 cm³/mol. The van der Waals surface area contributed by atoms with Crippen molar-refractivity contribution in [3.63, 3.8) is 0 Å². The van der Waals surface area contributed by atoms with Crippen LogP contribution < -0.4 is 4.74 Å². The fraction of sp³-hybridized carbons (Fsp3) is 0. The van der Waals surface area contributed by atoms with E-state index in [1.165, 1.54) is 17.8 Å². The van der Waals surface area contributed by atoms with Gasteiger partial charge >= 0.3 is 5.69 Å². The summed E-state index contributed by atoms with van der Waals surface area (Å²) < 4.78 is 5.52. The molecule has 0 saturated heterocycles. The van der Waals surface area contributed by atoms with E-state index in [4.69, 9.17) is 4.74 Å². The highest BCUT2D eigenvalue weighted by molar-refractivity contribution is 7.99. The van der Waals surface area contributed by atoms with Gasteiger partial charge in [0.25, 0.3) is 5.69 Å². The van der Waals surface area contributed by atoms with Gasteiger partial charge in [0.1, 0.15) is 5.75 Å². The maximum absolute atomic E-state index is 11.1. The summed E-state index contributed by atoms with van der Waals surface area (Å²) in [5, 5.41) is 21.9. The molecule has 1 aliphatic heterocycles. The maximum Gasteiger partial charge on any atom is 0.319 e. The van der Waals surface area contributed by atoms with Crippen LogP contribution in [0.4, 0.5) is 11.4 Å². The number of hydrogen-bond donors (Lipinski definition) is 0. The van der Waals surface area contributed by atoms with Crippen molar-refractivity contribution in [2.24, 2.45) is 0 Å². The van der Waals surface area contributed by atoms with E-state index >= 15 is 0 Å². The van der Waals surface area contributed by atoms with Crippen LogP contribution in [0.5, 0.6) is 11.5 Å². The lowest BCUT2D eigenvalue weighted by atomic mass is 10.2. The Labute approximate surface area is 116 Å². The Morgan fingerprint density at radius 1 is 1.00 bits per heavy atom. The minimum Gasteiger partial charge on any atom is -0.448 e. The van der Waals surface area contributed by atoms with Crippen LogP contribution in [-0.4, -0.2) is 9.85 Å². The SMILES string of the molecule is O=[N+]([O-])c1cc2c(c([N+](=O)[O-])c1)Oc1ccccc1S2. The Morgan fingerprint density at radius 3 is 2.45 bits per heavy atom. The molecule has 20 heavy (non-hydrogen) atoms. The molecule has 0 unspecified atom stereocenters. The quantitative estimate of drug-likeness (QED) is 0.526. The van der Waals surface area contributed by atoms with Gasteiger partial charge in [0.15, 0.2) is 0 Å². The van der Waals surface area contributed by atoms with Crippen LogP contribution in [0.3, 0.4) is 0 Å². The van der Waals surface area contributed by atoms with Crippen molar-refractivity contribution < 1.29 is 14.6 Å². The molecule has 2 aromatic carbocycles. The second kappa shape index (κ2) is 4.49. The molecule has 1 heterocycles. The second-order valence-corrected chi connectivity index (χ2v) is 5.04. The molecule has 0 amide bonds. The highest BCUT2D eigenvalue weighted by Gasteiger charge is 2.30. The van der Waals surface area contributed by atoms with Crippen LogP contribution in [0, 0.1) is 20.2 Å². The molecule has 0 spiro atoms. The van der Waals surface area contributed by atoms with E-state index in [-0.39, 0.29) is 11.4 Å². The molecule has 0 aliphatic carbocycles. The first kappa shape index (κ1) is 12.4. The molecular weight excluding hydrogens is 284 g/mol. The average Bonchev–Trinajstić information content (AvgIpc) is 2.43. The topological polar surface area (TPSA) is 95.5 Å². The Hall–Kier alpha value is -2.61. The van der Waals surface area contributed by atoms with E-state index in [9.17, 15) is 20.2 Å². The molecule has 0 saturated carbocycles. The summed E-state index contributed by atoms with van der Waals surface area (Å²) in [4.78, 5) is 21.7. The largest absolute Gasteiger partial charge is 0.448 e. The van der Waals surface area contributed by atoms with E-state index < -0.39 is 15.5 Å². The second-order valence-electron chi connectivity index (χ2n) is 3.96. The van der Waals surface area contributed by atoms with Crippen molar-refractivity contribution in [1.29, 1.82) is 0 Å². The molecule has 0 N–H and O–H groups in total. The summed E-state index contributed by atoms with van der Waals surface area (Å²) in [7, 11) is 0. The zero-order chi connectivity index (χ0) is 14.3. The molecule has 0 atom stereocenters. The fourth-order valence-electron chi connectivity index (χ4n) is 1.84. The molecule has 1 aliphatic rings.